The maximum Gasteiger partial charge on any atom is 0.252 e. The number of nitrogens with two attached hydrogens (primary N) is 1. The lowest BCUT2D eigenvalue weighted by atomic mass is 10.1. The minimum absolute atomic E-state index is 0.0826. The summed E-state index contributed by atoms with van der Waals surface area (Å²) in [5.41, 5.74) is 7.70. The van der Waals surface area contributed by atoms with E-state index in [2.05, 4.69) is 25.9 Å². The summed E-state index contributed by atoms with van der Waals surface area (Å²) in [5, 5.41) is 9.41. The molecule has 0 radical (unpaired) electrons. The van der Waals surface area contributed by atoms with Crippen molar-refractivity contribution in [2.24, 2.45) is 5.73 Å². The summed E-state index contributed by atoms with van der Waals surface area (Å²) >= 11 is 0. The molecule has 2 aromatic heterocycles. The number of aromatic nitrogens is 2. The first kappa shape index (κ1) is 21.7. The highest BCUT2D eigenvalue weighted by Crippen LogP contribution is 2.26. The van der Waals surface area contributed by atoms with Gasteiger partial charge in [-0.2, -0.15) is 0 Å². The number of nitrogens with one attached hydrogen (secondary N) is 3. The van der Waals surface area contributed by atoms with E-state index in [-0.39, 0.29) is 17.2 Å². The molecule has 166 valence electrons. The normalized spacial score (nSPS) is 11.5. The minimum atomic E-state index is -0.829. The van der Waals surface area contributed by atoms with Crippen LogP contribution in [0.15, 0.2) is 72.9 Å². The van der Waals surface area contributed by atoms with E-state index < -0.39 is 17.9 Å². The van der Waals surface area contributed by atoms with Crippen molar-refractivity contribution in [1.29, 1.82) is 0 Å². The van der Waals surface area contributed by atoms with E-state index in [0.717, 1.165) is 22.5 Å². The van der Waals surface area contributed by atoms with E-state index in [1.807, 2.05) is 54.6 Å². The minimum Gasteiger partial charge on any atom is -0.365 e. The summed E-state index contributed by atoms with van der Waals surface area (Å²) in [4.78, 5) is 31.6. The molecule has 4 rings (SSSR count). The molecule has 0 aliphatic heterocycles. The van der Waals surface area contributed by atoms with Gasteiger partial charge in [-0.05, 0) is 35.9 Å². The molecule has 0 saturated heterocycles. The van der Waals surface area contributed by atoms with Gasteiger partial charge in [0.15, 0.2) is 11.6 Å². The van der Waals surface area contributed by atoms with E-state index in [9.17, 15) is 14.0 Å². The highest BCUT2D eigenvalue weighted by atomic mass is 19.1. The highest BCUT2D eigenvalue weighted by Gasteiger charge is 2.19. The van der Waals surface area contributed by atoms with Crippen molar-refractivity contribution in [3.05, 3.63) is 89.9 Å². The van der Waals surface area contributed by atoms with Crippen molar-refractivity contribution < 1.29 is 14.0 Å². The molecule has 0 unspecified atom stereocenters. The van der Waals surface area contributed by atoms with Gasteiger partial charge in [0.2, 0.25) is 6.41 Å². The lowest BCUT2D eigenvalue weighted by Crippen LogP contribution is -2.38. The molecule has 5 N–H and O–H groups in total. The number of anilines is 3. The van der Waals surface area contributed by atoms with Crippen LogP contribution >= 0.6 is 0 Å². The Morgan fingerprint density at radius 3 is 2.64 bits per heavy atom. The van der Waals surface area contributed by atoms with Crippen LogP contribution in [0.3, 0.4) is 0 Å². The fourth-order valence-electron chi connectivity index (χ4n) is 3.41. The average Bonchev–Trinajstić information content (AvgIpc) is 2.81. The topological polar surface area (TPSA) is 122 Å². The van der Waals surface area contributed by atoms with Crippen LogP contribution in [0.2, 0.25) is 0 Å². The Hall–Kier alpha value is -4.53. The number of amides is 2. The number of hydrogen-bond donors (Lipinski definition) is 4. The molecular weight excluding hydrogens is 423 g/mol. The van der Waals surface area contributed by atoms with Gasteiger partial charge in [-0.3, -0.25) is 14.6 Å². The first-order valence-electron chi connectivity index (χ1n) is 10.2. The molecule has 33 heavy (non-hydrogen) atoms. The van der Waals surface area contributed by atoms with Crippen LogP contribution in [-0.2, 0) is 11.2 Å². The number of primary amides is 1. The van der Waals surface area contributed by atoms with Crippen LogP contribution in [0, 0.1) is 5.82 Å². The third-order valence-electron chi connectivity index (χ3n) is 4.97. The van der Waals surface area contributed by atoms with Crippen LogP contribution in [0.25, 0.3) is 10.9 Å². The second kappa shape index (κ2) is 9.73. The summed E-state index contributed by atoms with van der Waals surface area (Å²) < 4.78 is 14.8. The summed E-state index contributed by atoms with van der Waals surface area (Å²) in [7, 11) is 0. The van der Waals surface area contributed by atoms with Crippen LogP contribution in [0.5, 0.6) is 0 Å². The Bertz CT molecular complexity index is 1300. The Morgan fingerprint density at radius 2 is 1.88 bits per heavy atom. The number of pyridine rings is 2. The molecule has 0 bridgehead atoms. The number of rotatable bonds is 9. The second-order valence-corrected chi connectivity index (χ2v) is 7.29. The molecule has 2 amide bonds. The van der Waals surface area contributed by atoms with Gasteiger partial charge in [-0.25, -0.2) is 9.37 Å². The van der Waals surface area contributed by atoms with Crippen molar-refractivity contribution in [2.45, 2.75) is 12.6 Å². The van der Waals surface area contributed by atoms with E-state index in [1.165, 1.54) is 0 Å². The van der Waals surface area contributed by atoms with Gasteiger partial charge in [0.1, 0.15) is 12.0 Å². The SMILES string of the molecule is NC(=O)c1cc(F)c(N[C@H](Cc2ccccc2)NC=O)nc1Nc1ccc2ncccc2c1. The zero-order valence-electron chi connectivity index (χ0n) is 17.5. The molecule has 0 saturated carbocycles. The van der Waals surface area contributed by atoms with E-state index in [0.29, 0.717) is 18.5 Å². The fraction of sp³-hybridized carbons (Fsp3) is 0.0833. The third kappa shape index (κ3) is 5.21. The molecule has 0 aliphatic rings. The molecule has 2 heterocycles. The smallest absolute Gasteiger partial charge is 0.252 e. The zero-order valence-corrected chi connectivity index (χ0v) is 17.5. The summed E-state index contributed by atoms with van der Waals surface area (Å²) in [6, 6.07) is 19.5. The molecule has 8 nitrogen and oxygen atoms in total. The number of nitrogens with zero attached hydrogens (tertiary/aromatic N) is 2. The largest absolute Gasteiger partial charge is 0.365 e. The summed E-state index contributed by atoms with van der Waals surface area (Å²) in [6.45, 7) is 0. The number of halogens is 1. The van der Waals surface area contributed by atoms with E-state index in [1.54, 1.807) is 12.3 Å². The Morgan fingerprint density at radius 1 is 1.06 bits per heavy atom. The first-order valence-corrected chi connectivity index (χ1v) is 10.2. The molecule has 1 atom stereocenters. The molecule has 9 heteroatoms. The lowest BCUT2D eigenvalue weighted by Gasteiger charge is -2.20. The maximum absolute atomic E-state index is 14.8. The van der Waals surface area contributed by atoms with Crippen LogP contribution < -0.4 is 21.7 Å². The number of benzene rings is 2. The lowest BCUT2D eigenvalue weighted by molar-refractivity contribution is -0.110. The summed E-state index contributed by atoms with van der Waals surface area (Å²) in [6.07, 6.45) is 1.97. The fourth-order valence-corrected chi connectivity index (χ4v) is 3.41. The van der Waals surface area contributed by atoms with Crippen molar-refractivity contribution in [1.82, 2.24) is 15.3 Å². The number of fused-ring (bicyclic) bond motifs is 1. The second-order valence-electron chi connectivity index (χ2n) is 7.29. The van der Waals surface area contributed by atoms with E-state index >= 15 is 0 Å². The van der Waals surface area contributed by atoms with Crippen molar-refractivity contribution in [2.75, 3.05) is 10.6 Å². The van der Waals surface area contributed by atoms with Crippen molar-refractivity contribution in [3.8, 4) is 0 Å². The molecule has 2 aromatic carbocycles. The number of carbonyl (C=O) groups excluding carboxylic acids is 2. The predicted molar refractivity (Wildman–Crippen MR) is 124 cm³/mol. The van der Waals surface area contributed by atoms with Gasteiger partial charge in [-0.1, -0.05) is 36.4 Å². The third-order valence-corrected chi connectivity index (χ3v) is 4.97. The van der Waals surface area contributed by atoms with Gasteiger partial charge in [0, 0.05) is 23.7 Å². The van der Waals surface area contributed by atoms with E-state index in [4.69, 9.17) is 5.73 Å². The monoisotopic (exact) mass is 444 g/mol. The predicted octanol–water partition coefficient (Wildman–Crippen LogP) is 3.34. The first-order chi connectivity index (χ1) is 16.0. The standard InChI is InChI=1S/C24H21FN6O2/c25-19-13-18(22(26)33)23(29-17-8-9-20-16(12-17)7-4-10-27-20)31-24(19)30-21(28-14-32)11-15-5-2-1-3-6-15/h1-10,12-14,21H,11H2,(H2,26,33)(H,28,32)(H2,29,30,31)/t21-/m1/s1. The van der Waals surface area contributed by atoms with Crippen LogP contribution in [-0.4, -0.2) is 28.5 Å². The average molecular weight is 444 g/mol. The van der Waals surface area contributed by atoms with Gasteiger partial charge < -0.3 is 21.7 Å². The van der Waals surface area contributed by atoms with Gasteiger partial charge >= 0.3 is 0 Å². The molecule has 4 aromatic rings. The quantitative estimate of drug-likeness (QED) is 0.232. The molecule has 0 aliphatic carbocycles. The maximum atomic E-state index is 14.8. The summed E-state index contributed by atoms with van der Waals surface area (Å²) in [5.74, 6) is -1.66. The Balaban J connectivity index is 1.65. The van der Waals surface area contributed by atoms with Gasteiger partial charge in [0.05, 0.1) is 11.1 Å². The van der Waals surface area contributed by atoms with Crippen LogP contribution in [0.4, 0.5) is 21.7 Å². The Kier molecular flexibility index (Phi) is 6.40. The molecular formula is C24H21FN6O2. The highest BCUT2D eigenvalue weighted by molar-refractivity contribution is 5.99. The molecule has 0 spiro atoms. The molecule has 0 fully saturated rings. The van der Waals surface area contributed by atoms with Gasteiger partial charge in [0.25, 0.3) is 5.91 Å². The van der Waals surface area contributed by atoms with Crippen molar-refractivity contribution in [3.63, 3.8) is 0 Å². The van der Waals surface area contributed by atoms with Gasteiger partial charge in [-0.15, -0.1) is 0 Å². The van der Waals surface area contributed by atoms with Crippen molar-refractivity contribution >= 4 is 40.5 Å². The number of carbonyl (C=O) groups is 2. The van der Waals surface area contributed by atoms with Crippen LogP contribution in [0.1, 0.15) is 15.9 Å². The zero-order chi connectivity index (χ0) is 23.2. The number of hydrogen-bond acceptors (Lipinski definition) is 6. The Labute approximate surface area is 189 Å².